The van der Waals surface area contributed by atoms with Crippen LogP contribution in [0, 0.1) is 22.2 Å². The normalized spacial score (nSPS) is 25.0. The molecule has 0 aromatic heterocycles. The van der Waals surface area contributed by atoms with Crippen molar-refractivity contribution >= 4 is 0 Å². The highest BCUT2D eigenvalue weighted by Gasteiger charge is 2.45. The largest absolute Gasteiger partial charge is 0.387 e. The first-order valence-corrected chi connectivity index (χ1v) is 8.16. The molecule has 21 heavy (non-hydrogen) atoms. The lowest BCUT2D eigenvalue weighted by Crippen LogP contribution is -2.35. The van der Waals surface area contributed by atoms with Crippen LogP contribution in [0.1, 0.15) is 75.5 Å². The first-order valence-electron chi connectivity index (χ1n) is 8.16. The van der Waals surface area contributed by atoms with E-state index in [1.807, 2.05) is 18.2 Å². The van der Waals surface area contributed by atoms with Gasteiger partial charge < -0.3 is 5.11 Å². The molecule has 0 radical (unpaired) electrons. The smallest absolute Gasteiger partial charge is 0.0979 e. The third kappa shape index (κ3) is 2.72. The minimum absolute atomic E-state index is 0.302. The van der Waals surface area contributed by atoms with E-state index >= 15 is 0 Å². The molecule has 2 heteroatoms. The third-order valence-corrected chi connectivity index (χ3v) is 5.55. The summed E-state index contributed by atoms with van der Waals surface area (Å²) in [4.78, 5) is 0. The Morgan fingerprint density at radius 1 is 1.14 bits per heavy atom. The quantitative estimate of drug-likeness (QED) is 0.873. The predicted octanol–water partition coefficient (Wildman–Crippen LogP) is 4.71. The van der Waals surface area contributed by atoms with E-state index in [2.05, 4.69) is 26.0 Å². The highest BCUT2D eigenvalue weighted by molar-refractivity contribution is 5.37. The summed E-state index contributed by atoms with van der Waals surface area (Å²) >= 11 is 0. The summed E-state index contributed by atoms with van der Waals surface area (Å²) < 4.78 is 0. The molecule has 0 amide bonds. The van der Waals surface area contributed by atoms with Gasteiger partial charge in [0, 0.05) is 0 Å². The van der Waals surface area contributed by atoms with E-state index in [-0.39, 0.29) is 0 Å². The molecular formula is C19H25NO. The molecule has 2 aliphatic rings. The average Bonchev–Trinajstić information content (AvgIpc) is 3.32. The Labute approximate surface area is 127 Å². The molecule has 2 aliphatic carbocycles. The van der Waals surface area contributed by atoms with E-state index in [0.29, 0.717) is 11.3 Å². The van der Waals surface area contributed by atoms with Crippen molar-refractivity contribution in [1.82, 2.24) is 0 Å². The van der Waals surface area contributed by atoms with Crippen molar-refractivity contribution in [3.05, 3.63) is 35.4 Å². The second-order valence-corrected chi connectivity index (χ2v) is 7.74. The molecule has 1 unspecified atom stereocenters. The fraction of sp³-hybridized carbons (Fsp3) is 0.632. The maximum absolute atomic E-state index is 11.0. The van der Waals surface area contributed by atoms with Crippen molar-refractivity contribution in [2.45, 2.75) is 64.4 Å². The minimum Gasteiger partial charge on any atom is -0.387 e. The van der Waals surface area contributed by atoms with Gasteiger partial charge in [-0.25, -0.2) is 0 Å². The van der Waals surface area contributed by atoms with Crippen molar-refractivity contribution in [2.24, 2.45) is 10.8 Å². The zero-order chi connectivity index (χ0) is 15.1. The molecule has 2 nitrogen and oxygen atoms in total. The Bertz CT molecular complexity index is 555. The van der Waals surface area contributed by atoms with Gasteiger partial charge in [0.05, 0.1) is 17.6 Å². The predicted molar refractivity (Wildman–Crippen MR) is 83.7 cm³/mol. The monoisotopic (exact) mass is 283 g/mol. The lowest BCUT2D eigenvalue weighted by Gasteiger charge is -2.42. The number of aliphatic hydroxyl groups excluding tert-OH is 1. The van der Waals surface area contributed by atoms with Crippen molar-refractivity contribution in [2.75, 3.05) is 0 Å². The molecule has 2 fully saturated rings. The number of hydrogen-bond acceptors (Lipinski definition) is 2. The number of rotatable bonds is 3. The molecule has 0 aliphatic heterocycles. The van der Waals surface area contributed by atoms with Crippen molar-refractivity contribution < 1.29 is 5.11 Å². The summed E-state index contributed by atoms with van der Waals surface area (Å²) in [7, 11) is 0. The minimum atomic E-state index is -0.643. The molecule has 0 heterocycles. The fourth-order valence-corrected chi connectivity index (χ4v) is 3.64. The zero-order valence-corrected chi connectivity index (χ0v) is 13.1. The second-order valence-electron chi connectivity index (χ2n) is 7.74. The first kappa shape index (κ1) is 14.6. The van der Waals surface area contributed by atoms with Crippen LogP contribution in [0.5, 0.6) is 0 Å². The highest BCUT2D eigenvalue weighted by atomic mass is 16.3. The summed E-state index contributed by atoms with van der Waals surface area (Å²) in [5.41, 5.74) is 1.97. The maximum Gasteiger partial charge on any atom is 0.0979 e. The molecule has 1 aromatic rings. The number of nitriles is 1. The van der Waals surface area contributed by atoms with Crippen LogP contribution in [0.25, 0.3) is 0 Å². The lowest BCUT2D eigenvalue weighted by molar-refractivity contribution is 0.00904. The van der Waals surface area contributed by atoms with Crippen LogP contribution in [0.4, 0.5) is 0 Å². The molecule has 0 spiro atoms. The van der Waals surface area contributed by atoms with Gasteiger partial charge in [0.15, 0.2) is 0 Å². The van der Waals surface area contributed by atoms with Crippen LogP contribution in [0.2, 0.25) is 0 Å². The topological polar surface area (TPSA) is 44.0 Å². The maximum atomic E-state index is 11.0. The molecular weight excluding hydrogens is 258 g/mol. The SMILES string of the molecule is CC1(C)CCC(C#N)(C(O)c2ccccc2C2CC2)CC1. The summed E-state index contributed by atoms with van der Waals surface area (Å²) in [5.74, 6) is 0.603. The summed E-state index contributed by atoms with van der Waals surface area (Å²) in [6.45, 7) is 4.53. The average molecular weight is 283 g/mol. The van der Waals surface area contributed by atoms with Gasteiger partial charge in [0.1, 0.15) is 0 Å². The van der Waals surface area contributed by atoms with Crippen LogP contribution >= 0.6 is 0 Å². The van der Waals surface area contributed by atoms with Crippen LogP contribution in [-0.4, -0.2) is 5.11 Å². The number of aliphatic hydroxyl groups is 1. The second kappa shape index (κ2) is 5.14. The van der Waals surface area contributed by atoms with Crippen molar-refractivity contribution in [1.29, 1.82) is 5.26 Å². The van der Waals surface area contributed by atoms with E-state index in [1.54, 1.807) is 0 Å². The molecule has 1 aromatic carbocycles. The highest BCUT2D eigenvalue weighted by Crippen LogP contribution is 2.53. The standard InChI is InChI=1S/C19H25NO/c1-18(2)9-11-19(13-20,12-10-18)17(21)16-6-4-3-5-15(16)14-7-8-14/h3-6,14,17,21H,7-12H2,1-2H3. The van der Waals surface area contributed by atoms with Crippen molar-refractivity contribution in [3.8, 4) is 6.07 Å². The van der Waals surface area contributed by atoms with Crippen LogP contribution in [0.15, 0.2) is 24.3 Å². The molecule has 2 saturated carbocycles. The Morgan fingerprint density at radius 2 is 1.76 bits per heavy atom. The third-order valence-electron chi connectivity index (χ3n) is 5.55. The van der Waals surface area contributed by atoms with E-state index in [1.165, 1.54) is 18.4 Å². The van der Waals surface area contributed by atoms with Crippen LogP contribution in [0.3, 0.4) is 0 Å². The van der Waals surface area contributed by atoms with Gasteiger partial charge in [-0.3, -0.25) is 0 Å². The van der Waals surface area contributed by atoms with Crippen LogP contribution in [-0.2, 0) is 0 Å². The fourth-order valence-electron chi connectivity index (χ4n) is 3.64. The van der Waals surface area contributed by atoms with Crippen molar-refractivity contribution in [3.63, 3.8) is 0 Å². The van der Waals surface area contributed by atoms with E-state index in [4.69, 9.17) is 0 Å². The molecule has 0 saturated heterocycles. The van der Waals surface area contributed by atoms with Gasteiger partial charge in [-0.2, -0.15) is 5.26 Å². The summed E-state index contributed by atoms with van der Waals surface area (Å²) in [6.07, 6.45) is 5.43. The van der Waals surface area contributed by atoms with E-state index in [9.17, 15) is 10.4 Å². The van der Waals surface area contributed by atoms with Gasteiger partial charge in [0.2, 0.25) is 0 Å². The molecule has 0 bridgehead atoms. The molecule has 3 rings (SSSR count). The van der Waals surface area contributed by atoms with Gasteiger partial charge in [-0.15, -0.1) is 0 Å². The first-order chi connectivity index (χ1) is 9.97. The van der Waals surface area contributed by atoms with Gasteiger partial charge in [-0.1, -0.05) is 38.1 Å². The zero-order valence-electron chi connectivity index (χ0n) is 13.1. The van der Waals surface area contributed by atoms with Crippen LogP contribution < -0.4 is 0 Å². The number of benzene rings is 1. The van der Waals surface area contributed by atoms with Gasteiger partial charge >= 0.3 is 0 Å². The Balaban J connectivity index is 1.90. The number of nitrogens with zero attached hydrogens (tertiary/aromatic N) is 1. The molecule has 1 N–H and O–H groups in total. The number of hydrogen-bond donors (Lipinski definition) is 1. The Morgan fingerprint density at radius 3 is 2.33 bits per heavy atom. The summed E-state index contributed by atoms with van der Waals surface area (Å²) in [5, 5.41) is 20.8. The van der Waals surface area contributed by atoms with Gasteiger partial charge in [-0.05, 0) is 61.0 Å². The van der Waals surface area contributed by atoms with Gasteiger partial charge in [0.25, 0.3) is 0 Å². The van der Waals surface area contributed by atoms with E-state index < -0.39 is 11.5 Å². The Hall–Kier alpha value is -1.33. The summed E-state index contributed by atoms with van der Waals surface area (Å²) in [6, 6.07) is 10.7. The lowest BCUT2D eigenvalue weighted by atomic mass is 9.62. The van der Waals surface area contributed by atoms with E-state index in [0.717, 1.165) is 31.2 Å². The molecule has 1 atom stereocenters. The Kier molecular flexibility index (Phi) is 3.58. The molecule has 112 valence electrons.